The number of hydrogen-bond acceptors (Lipinski definition) is 2. The summed E-state index contributed by atoms with van der Waals surface area (Å²) in [6.45, 7) is 4.93. The molecule has 0 aliphatic carbocycles. The molecule has 59 valence electrons. The van der Waals surface area contributed by atoms with Crippen molar-refractivity contribution in [2.24, 2.45) is 0 Å². The Morgan fingerprint density at radius 2 is 2.30 bits per heavy atom. The predicted octanol–water partition coefficient (Wildman–Crippen LogP) is -0.0150. The van der Waals surface area contributed by atoms with Crippen LogP contribution in [0.15, 0.2) is 0 Å². The number of amides is 1. The van der Waals surface area contributed by atoms with Crippen LogP contribution in [0.1, 0.15) is 13.3 Å². The maximum atomic E-state index is 9.67. The maximum absolute atomic E-state index is 9.67. The van der Waals surface area contributed by atoms with Gasteiger partial charge in [-0.2, -0.15) is 0 Å². The van der Waals surface area contributed by atoms with Crippen LogP contribution in [0.2, 0.25) is 0 Å². The zero-order valence-electron chi connectivity index (χ0n) is 6.68. The third-order valence-corrected chi connectivity index (χ3v) is 1.45. The van der Waals surface area contributed by atoms with Gasteiger partial charge in [-0.3, -0.25) is 4.79 Å². The molecule has 1 radical (unpaired) electrons. The Morgan fingerprint density at radius 3 is 2.80 bits per heavy atom. The lowest BCUT2D eigenvalue weighted by atomic mass is 10.4. The normalized spacial score (nSPS) is 9.90. The van der Waals surface area contributed by atoms with Gasteiger partial charge in [-0.1, -0.05) is 6.92 Å². The largest absolute Gasteiger partial charge is 0.348 e. The van der Waals surface area contributed by atoms with Crippen molar-refractivity contribution in [3.8, 4) is 0 Å². The Bertz CT molecular complexity index is 85.7. The van der Waals surface area contributed by atoms with Gasteiger partial charge in [-0.15, -0.1) is 0 Å². The standard InChI is InChI=1S/C7H15N2O/c1-3-9(2)6-4-5-8-7-10/h3-6H2,1-2H3,(H,8,10). The first kappa shape index (κ1) is 9.43. The lowest BCUT2D eigenvalue weighted by Crippen LogP contribution is -2.23. The van der Waals surface area contributed by atoms with Crippen molar-refractivity contribution in [1.29, 1.82) is 0 Å². The number of carbonyl (C=O) groups excluding carboxylic acids is 1. The highest BCUT2D eigenvalue weighted by Gasteiger charge is 1.91. The second-order valence-electron chi connectivity index (χ2n) is 2.28. The Labute approximate surface area is 62.4 Å². The summed E-state index contributed by atoms with van der Waals surface area (Å²) in [5.74, 6) is 0. The van der Waals surface area contributed by atoms with Crippen LogP contribution in [-0.2, 0) is 4.79 Å². The Morgan fingerprint density at radius 1 is 1.60 bits per heavy atom. The van der Waals surface area contributed by atoms with Gasteiger partial charge in [0.05, 0.1) is 0 Å². The molecule has 0 fully saturated rings. The molecule has 0 bridgehead atoms. The Kier molecular flexibility index (Phi) is 6.18. The van der Waals surface area contributed by atoms with Crippen molar-refractivity contribution >= 4 is 6.41 Å². The molecule has 0 rings (SSSR count). The highest BCUT2D eigenvalue weighted by atomic mass is 16.1. The minimum absolute atomic E-state index is 0.730. The van der Waals surface area contributed by atoms with Crippen molar-refractivity contribution in [2.45, 2.75) is 13.3 Å². The van der Waals surface area contributed by atoms with Crippen LogP contribution in [-0.4, -0.2) is 38.0 Å². The highest BCUT2D eigenvalue weighted by molar-refractivity contribution is 5.46. The molecule has 0 aromatic heterocycles. The van der Waals surface area contributed by atoms with Crippen LogP contribution in [0.5, 0.6) is 0 Å². The van der Waals surface area contributed by atoms with E-state index in [0.29, 0.717) is 0 Å². The van der Waals surface area contributed by atoms with Gasteiger partial charge in [0.25, 0.3) is 0 Å². The minimum Gasteiger partial charge on any atom is -0.348 e. The number of nitrogens with one attached hydrogen (secondary N) is 1. The van der Waals surface area contributed by atoms with Crippen LogP contribution in [0, 0.1) is 0 Å². The van der Waals surface area contributed by atoms with E-state index in [4.69, 9.17) is 0 Å². The molecule has 0 aromatic rings. The molecule has 0 saturated heterocycles. The molecule has 3 nitrogen and oxygen atoms in total. The van der Waals surface area contributed by atoms with Gasteiger partial charge < -0.3 is 10.2 Å². The van der Waals surface area contributed by atoms with Gasteiger partial charge in [-0.05, 0) is 26.6 Å². The van der Waals surface area contributed by atoms with E-state index in [1.165, 1.54) is 0 Å². The highest BCUT2D eigenvalue weighted by Crippen LogP contribution is 1.83. The molecule has 0 aliphatic rings. The summed E-state index contributed by atoms with van der Waals surface area (Å²) in [6.07, 6.45) is 2.64. The van der Waals surface area contributed by atoms with E-state index in [9.17, 15) is 4.79 Å². The zero-order valence-corrected chi connectivity index (χ0v) is 6.68. The van der Waals surface area contributed by atoms with Crippen molar-refractivity contribution < 1.29 is 4.79 Å². The van der Waals surface area contributed by atoms with Crippen LogP contribution in [0.25, 0.3) is 0 Å². The first-order chi connectivity index (χ1) is 4.81. The lowest BCUT2D eigenvalue weighted by Gasteiger charge is -2.12. The van der Waals surface area contributed by atoms with E-state index in [1.54, 1.807) is 6.41 Å². The molecule has 0 aromatic carbocycles. The van der Waals surface area contributed by atoms with Crippen LogP contribution >= 0.6 is 0 Å². The van der Waals surface area contributed by atoms with Gasteiger partial charge in [0.15, 0.2) is 0 Å². The van der Waals surface area contributed by atoms with Gasteiger partial charge in [0, 0.05) is 6.54 Å². The molecule has 0 heterocycles. The van der Waals surface area contributed by atoms with Crippen molar-refractivity contribution in [2.75, 3.05) is 26.7 Å². The van der Waals surface area contributed by atoms with Gasteiger partial charge >= 0.3 is 6.41 Å². The summed E-state index contributed by atoms with van der Waals surface area (Å²) in [6, 6.07) is 0. The average Bonchev–Trinajstić information content (AvgIpc) is 1.98. The molecule has 3 heteroatoms. The molecular formula is C7H15N2O. The molecule has 10 heavy (non-hydrogen) atoms. The number of rotatable bonds is 6. The van der Waals surface area contributed by atoms with Gasteiger partial charge in [-0.25, -0.2) is 0 Å². The first-order valence-electron chi connectivity index (χ1n) is 3.59. The third kappa shape index (κ3) is 5.56. The first-order valence-corrected chi connectivity index (χ1v) is 3.59. The van der Waals surface area contributed by atoms with Gasteiger partial charge in [0.1, 0.15) is 0 Å². The molecule has 0 unspecified atom stereocenters. The Hall–Kier alpha value is -0.570. The third-order valence-electron chi connectivity index (χ3n) is 1.45. The average molecular weight is 143 g/mol. The Balaban J connectivity index is 2.95. The molecule has 0 spiro atoms. The summed E-state index contributed by atoms with van der Waals surface area (Å²) in [5, 5.41) is 2.50. The maximum Gasteiger partial charge on any atom is 0.309 e. The number of hydrogen-bond donors (Lipinski definition) is 1. The van der Waals surface area contributed by atoms with Crippen molar-refractivity contribution in [3.05, 3.63) is 0 Å². The predicted molar refractivity (Wildman–Crippen MR) is 41.5 cm³/mol. The summed E-state index contributed by atoms with van der Waals surface area (Å²) >= 11 is 0. The van der Waals surface area contributed by atoms with E-state index in [-0.39, 0.29) is 0 Å². The quantitative estimate of drug-likeness (QED) is 0.419. The minimum atomic E-state index is 0.730. The lowest BCUT2D eigenvalue weighted by molar-refractivity contribution is 0.347. The van der Waals surface area contributed by atoms with E-state index in [2.05, 4.69) is 24.2 Å². The fourth-order valence-electron chi connectivity index (χ4n) is 0.647. The molecule has 0 atom stereocenters. The topological polar surface area (TPSA) is 32.3 Å². The smallest absolute Gasteiger partial charge is 0.309 e. The van der Waals surface area contributed by atoms with Crippen LogP contribution in [0.4, 0.5) is 0 Å². The summed E-state index contributed by atoms with van der Waals surface area (Å²) in [7, 11) is 2.06. The van der Waals surface area contributed by atoms with Crippen LogP contribution < -0.4 is 5.32 Å². The summed E-state index contributed by atoms with van der Waals surface area (Å²) in [4.78, 5) is 11.9. The molecule has 0 saturated carbocycles. The van der Waals surface area contributed by atoms with E-state index >= 15 is 0 Å². The monoisotopic (exact) mass is 143 g/mol. The second kappa shape index (κ2) is 6.55. The SMILES string of the molecule is CCN(C)CCCN[C]=O. The van der Waals surface area contributed by atoms with E-state index in [0.717, 1.165) is 26.1 Å². The van der Waals surface area contributed by atoms with Crippen LogP contribution in [0.3, 0.4) is 0 Å². The number of nitrogens with zero attached hydrogens (tertiary/aromatic N) is 1. The van der Waals surface area contributed by atoms with Crippen molar-refractivity contribution in [3.63, 3.8) is 0 Å². The molecule has 1 N–H and O–H groups in total. The zero-order chi connectivity index (χ0) is 7.82. The van der Waals surface area contributed by atoms with E-state index in [1.807, 2.05) is 0 Å². The fourth-order valence-corrected chi connectivity index (χ4v) is 0.647. The summed E-state index contributed by atoms with van der Waals surface area (Å²) < 4.78 is 0. The second-order valence-corrected chi connectivity index (χ2v) is 2.28. The fraction of sp³-hybridized carbons (Fsp3) is 0.857. The summed E-state index contributed by atoms with van der Waals surface area (Å²) in [5.41, 5.74) is 0. The molecule has 1 amide bonds. The van der Waals surface area contributed by atoms with Crippen molar-refractivity contribution in [1.82, 2.24) is 10.2 Å². The molecule has 0 aliphatic heterocycles. The molecular weight excluding hydrogens is 128 g/mol. The van der Waals surface area contributed by atoms with Gasteiger partial charge in [0.2, 0.25) is 0 Å². The van der Waals surface area contributed by atoms with E-state index < -0.39 is 0 Å².